The van der Waals surface area contributed by atoms with E-state index < -0.39 is 0 Å². The summed E-state index contributed by atoms with van der Waals surface area (Å²) in [6.07, 6.45) is 6.00. The molecule has 3 rings (SSSR count). The van der Waals surface area contributed by atoms with Crippen LogP contribution >= 0.6 is 11.3 Å². The lowest BCUT2D eigenvalue weighted by atomic mass is 9.80. The summed E-state index contributed by atoms with van der Waals surface area (Å²) < 4.78 is 0. The van der Waals surface area contributed by atoms with Crippen LogP contribution in [-0.4, -0.2) is 40.4 Å². The number of nitrogens with one attached hydrogen (secondary N) is 1. The summed E-state index contributed by atoms with van der Waals surface area (Å²) in [6, 6.07) is 5.91. The Morgan fingerprint density at radius 2 is 2.12 bits per heavy atom. The fourth-order valence-corrected chi connectivity index (χ4v) is 3.91. The Hall–Kier alpha value is -1.79. The van der Waals surface area contributed by atoms with Crippen molar-refractivity contribution in [1.82, 2.24) is 20.2 Å². The lowest BCUT2D eigenvalue weighted by molar-refractivity contribution is -0.119. The van der Waals surface area contributed by atoms with E-state index in [2.05, 4.69) is 27.1 Å². The van der Waals surface area contributed by atoms with Crippen LogP contribution in [0.4, 0.5) is 0 Å². The SMILES string of the molecule is CC(=O)NCC1(C)CCN(Cc2cnc(-c3ccccn3)s2)CC1. The Balaban J connectivity index is 1.53. The number of hydrogen-bond acceptors (Lipinski definition) is 5. The van der Waals surface area contributed by atoms with Crippen molar-refractivity contribution in [2.45, 2.75) is 33.2 Å². The van der Waals surface area contributed by atoms with E-state index in [0.29, 0.717) is 0 Å². The maximum atomic E-state index is 11.1. The van der Waals surface area contributed by atoms with Gasteiger partial charge in [-0.05, 0) is 43.5 Å². The third kappa shape index (κ3) is 4.39. The van der Waals surface area contributed by atoms with Gasteiger partial charge in [0.25, 0.3) is 0 Å². The molecule has 0 radical (unpaired) electrons. The Bertz CT molecular complexity index is 677. The molecule has 0 bridgehead atoms. The minimum absolute atomic E-state index is 0.0605. The quantitative estimate of drug-likeness (QED) is 0.906. The number of carbonyl (C=O) groups is 1. The molecular formula is C18H24N4OS. The van der Waals surface area contributed by atoms with E-state index in [9.17, 15) is 4.79 Å². The summed E-state index contributed by atoms with van der Waals surface area (Å²) in [7, 11) is 0. The second-order valence-corrected chi connectivity index (χ2v) is 7.96. The molecule has 6 heteroatoms. The molecule has 1 amide bonds. The molecule has 1 aliphatic rings. The topological polar surface area (TPSA) is 58.1 Å². The number of rotatable bonds is 5. The lowest BCUT2D eigenvalue weighted by Crippen LogP contribution is -2.44. The molecule has 1 aliphatic heterocycles. The first-order valence-corrected chi connectivity index (χ1v) is 9.19. The highest BCUT2D eigenvalue weighted by atomic mass is 32.1. The Labute approximate surface area is 147 Å². The molecule has 1 fully saturated rings. The number of aromatic nitrogens is 2. The van der Waals surface area contributed by atoms with Gasteiger partial charge in [0, 0.05) is 37.3 Å². The molecule has 1 N–H and O–H groups in total. The number of nitrogens with zero attached hydrogens (tertiary/aromatic N) is 3. The Kier molecular flexibility index (Phi) is 5.26. The summed E-state index contributed by atoms with van der Waals surface area (Å²) in [4.78, 5) is 23.8. The van der Waals surface area contributed by atoms with E-state index in [4.69, 9.17) is 0 Å². The molecule has 5 nitrogen and oxygen atoms in total. The van der Waals surface area contributed by atoms with Crippen LogP contribution in [0.2, 0.25) is 0 Å². The van der Waals surface area contributed by atoms with Crippen LogP contribution in [0.25, 0.3) is 10.7 Å². The van der Waals surface area contributed by atoms with Gasteiger partial charge in [-0.15, -0.1) is 11.3 Å². The first-order valence-electron chi connectivity index (χ1n) is 8.37. The van der Waals surface area contributed by atoms with Crippen molar-refractivity contribution in [3.8, 4) is 10.7 Å². The fraction of sp³-hybridized carbons (Fsp3) is 0.500. The summed E-state index contributed by atoms with van der Waals surface area (Å²) in [5.41, 5.74) is 1.16. The standard InChI is InChI=1S/C18H24N4OS/c1-14(23)21-13-18(2)6-9-22(10-7-18)12-15-11-20-17(24-15)16-5-3-4-8-19-16/h3-5,8,11H,6-7,9-10,12-13H2,1-2H3,(H,21,23). The second-order valence-electron chi connectivity index (χ2n) is 6.84. The van der Waals surface area contributed by atoms with Gasteiger partial charge in [0.2, 0.25) is 5.91 Å². The van der Waals surface area contributed by atoms with Gasteiger partial charge in [-0.1, -0.05) is 13.0 Å². The molecular weight excluding hydrogens is 320 g/mol. The van der Waals surface area contributed by atoms with Gasteiger partial charge in [-0.2, -0.15) is 0 Å². The normalized spacial score (nSPS) is 17.6. The van der Waals surface area contributed by atoms with Crippen LogP contribution in [-0.2, 0) is 11.3 Å². The molecule has 1 saturated heterocycles. The van der Waals surface area contributed by atoms with Crippen LogP contribution in [0.1, 0.15) is 31.6 Å². The van der Waals surface area contributed by atoms with Crippen molar-refractivity contribution in [2.24, 2.45) is 5.41 Å². The van der Waals surface area contributed by atoms with Gasteiger partial charge in [0.15, 0.2) is 0 Å². The van der Waals surface area contributed by atoms with Crippen molar-refractivity contribution in [2.75, 3.05) is 19.6 Å². The molecule has 24 heavy (non-hydrogen) atoms. The number of pyridine rings is 1. The summed E-state index contributed by atoms with van der Waals surface area (Å²) in [5.74, 6) is 0.0605. The van der Waals surface area contributed by atoms with E-state index in [-0.39, 0.29) is 11.3 Å². The molecule has 128 valence electrons. The monoisotopic (exact) mass is 344 g/mol. The number of amides is 1. The van der Waals surface area contributed by atoms with Gasteiger partial charge in [0.1, 0.15) is 5.01 Å². The fourth-order valence-electron chi connectivity index (χ4n) is 2.97. The first-order chi connectivity index (χ1) is 11.5. The molecule has 0 aromatic carbocycles. The zero-order chi connectivity index (χ0) is 17.0. The number of hydrogen-bond donors (Lipinski definition) is 1. The third-order valence-electron chi connectivity index (χ3n) is 4.64. The van der Waals surface area contributed by atoms with Gasteiger partial charge >= 0.3 is 0 Å². The Morgan fingerprint density at radius 3 is 2.79 bits per heavy atom. The van der Waals surface area contributed by atoms with E-state index in [0.717, 1.165) is 49.7 Å². The van der Waals surface area contributed by atoms with Gasteiger partial charge < -0.3 is 5.32 Å². The second kappa shape index (κ2) is 7.40. The highest BCUT2D eigenvalue weighted by Gasteiger charge is 2.30. The van der Waals surface area contributed by atoms with Crippen molar-refractivity contribution < 1.29 is 4.79 Å². The number of carbonyl (C=O) groups excluding carboxylic acids is 1. The van der Waals surface area contributed by atoms with Gasteiger partial charge in [-0.25, -0.2) is 4.98 Å². The molecule has 0 unspecified atom stereocenters. The summed E-state index contributed by atoms with van der Waals surface area (Å²) in [5, 5.41) is 3.95. The van der Waals surface area contributed by atoms with Gasteiger partial charge in [-0.3, -0.25) is 14.7 Å². The van der Waals surface area contributed by atoms with E-state index >= 15 is 0 Å². The van der Waals surface area contributed by atoms with E-state index in [1.54, 1.807) is 24.5 Å². The predicted molar refractivity (Wildman–Crippen MR) is 96.6 cm³/mol. The van der Waals surface area contributed by atoms with E-state index in [1.165, 1.54) is 4.88 Å². The average Bonchev–Trinajstić information content (AvgIpc) is 3.05. The van der Waals surface area contributed by atoms with Crippen LogP contribution in [0, 0.1) is 5.41 Å². The highest BCUT2D eigenvalue weighted by molar-refractivity contribution is 7.14. The molecule has 0 saturated carbocycles. The highest BCUT2D eigenvalue weighted by Crippen LogP contribution is 2.32. The largest absolute Gasteiger partial charge is 0.356 e. The zero-order valence-corrected chi connectivity index (χ0v) is 15.1. The summed E-state index contributed by atoms with van der Waals surface area (Å²) in [6.45, 7) is 7.70. The minimum Gasteiger partial charge on any atom is -0.356 e. The van der Waals surface area contributed by atoms with Crippen molar-refractivity contribution >= 4 is 17.2 Å². The van der Waals surface area contributed by atoms with Crippen molar-refractivity contribution in [1.29, 1.82) is 0 Å². The van der Waals surface area contributed by atoms with Crippen LogP contribution in [0.3, 0.4) is 0 Å². The molecule has 0 aliphatic carbocycles. The number of thiazole rings is 1. The van der Waals surface area contributed by atoms with Crippen molar-refractivity contribution in [3.05, 3.63) is 35.5 Å². The maximum absolute atomic E-state index is 11.1. The van der Waals surface area contributed by atoms with Crippen LogP contribution in [0.15, 0.2) is 30.6 Å². The molecule has 3 heterocycles. The van der Waals surface area contributed by atoms with E-state index in [1.807, 2.05) is 24.4 Å². The van der Waals surface area contributed by atoms with Crippen LogP contribution < -0.4 is 5.32 Å². The molecule has 0 atom stereocenters. The third-order valence-corrected chi connectivity index (χ3v) is 5.65. The molecule has 2 aromatic heterocycles. The lowest BCUT2D eigenvalue weighted by Gasteiger charge is -2.39. The molecule has 2 aromatic rings. The minimum atomic E-state index is 0.0605. The van der Waals surface area contributed by atoms with Crippen molar-refractivity contribution in [3.63, 3.8) is 0 Å². The first kappa shape index (κ1) is 17.0. The average molecular weight is 344 g/mol. The number of piperidine rings is 1. The smallest absolute Gasteiger partial charge is 0.216 e. The number of likely N-dealkylation sites (tertiary alicyclic amines) is 1. The predicted octanol–water partition coefficient (Wildman–Crippen LogP) is 2.94. The Morgan fingerprint density at radius 1 is 1.33 bits per heavy atom. The molecule has 0 spiro atoms. The van der Waals surface area contributed by atoms with Gasteiger partial charge in [0.05, 0.1) is 5.69 Å². The maximum Gasteiger partial charge on any atom is 0.216 e. The summed E-state index contributed by atoms with van der Waals surface area (Å²) >= 11 is 1.72. The zero-order valence-electron chi connectivity index (χ0n) is 14.3. The van der Waals surface area contributed by atoms with Crippen LogP contribution in [0.5, 0.6) is 0 Å².